The molecule has 1 aromatic carbocycles. The van der Waals surface area contributed by atoms with Gasteiger partial charge < -0.3 is 5.32 Å². The highest BCUT2D eigenvalue weighted by molar-refractivity contribution is 9.10. The fourth-order valence-corrected chi connectivity index (χ4v) is 2.16. The SMILES string of the molecule is CCCNCc1ncnn1Cc1cccc(F)c1Br. The number of nitrogens with zero attached hydrogens (tertiary/aromatic N) is 3. The average Bonchev–Trinajstić information content (AvgIpc) is 2.83. The second-order valence-electron chi connectivity index (χ2n) is 4.22. The van der Waals surface area contributed by atoms with Gasteiger partial charge in [-0.2, -0.15) is 5.10 Å². The maximum atomic E-state index is 13.5. The first-order chi connectivity index (χ1) is 9.22. The topological polar surface area (TPSA) is 42.7 Å². The van der Waals surface area contributed by atoms with Gasteiger partial charge in [-0.15, -0.1) is 0 Å². The van der Waals surface area contributed by atoms with Crippen LogP contribution in [-0.2, 0) is 13.1 Å². The Morgan fingerprint density at radius 3 is 3.05 bits per heavy atom. The number of benzene rings is 1. The minimum absolute atomic E-state index is 0.261. The van der Waals surface area contributed by atoms with E-state index < -0.39 is 0 Å². The van der Waals surface area contributed by atoms with Crippen molar-refractivity contribution >= 4 is 15.9 Å². The lowest BCUT2D eigenvalue weighted by Gasteiger charge is -2.09. The van der Waals surface area contributed by atoms with Gasteiger partial charge in [0, 0.05) is 0 Å². The lowest BCUT2D eigenvalue weighted by atomic mass is 10.2. The summed E-state index contributed by atoms with van der Waals surface area (Å²) in [4.78, 5) is 4.22. The Kier molecular flexibility index (Phi) is 5.04. The zero-order chi connectivity index (χ0) is 13.7. The molecular weight excluding hydrogens is 311 g/mol. The highest BCUT2D eigenvalue weighted by atomic mass is 79.9. The first kappa shape index (κ1) is 14.1. The molecule has 0 bridgehead atoms. The van der Waals surface area contributed by atoms with Crippen LogP contribution in [0.2, 0.25) is 0 Å². The summed E-state index contributed by atoms with van der Waals surface area (Å²) in [7, 11) is 0. The van der Waals surface area contributed by atoms with Gasteiger partial charge in [-0.1, -0.05) is 19.1 Å². The van der Waals surface area contributed by atoms with E-state index in [1.165, 1.54) is 12.4 Å². The van der Waals surface area contributed by atoms with Gasteiger partial charge in [0.1, 0.15) is 18.0 Å². The zero-order valence-corrected chi connectivity index (χ0v) is 12.3. The quantitative estimate of drug-likeness (QED) is 0.830. The number of nitrogens with one attached hydrogen (secondary N) is 1. The smallest absolute Gasteiger partial charge is 0.141 e. The van der Waals surface area contributed by atoms with Crippen molar-refractivity contribution in [3.63, 3.8) is 0 Å². The van der Waals surface area contributed by atoms with Crippen molar-refractivity contribution < 1.29 is 4.39 Å². The Morgan fingerprint density at radius 1 is 1.42 bits per heavy atom. The molecule has 102 valence electrons. The van der Waals surface area contributed by atoms with Crippen LogP contribution in [0.25, 0.3) is 0 Å². The van der Waals surface area contributed by atoms with Gasteiger partial charge in [-0.25, -0.2) is 14.1 Å². The van der Waals surface area contributed by atoms with Gasteiger partial charge in [0.2, 0.25) is 0 Å². The summed E-state index contributed by atoms with van der Waals surface area (Å²) in [6.45, 7) is 4.22. The van der Waals surface area contributed by atoms with E-state index >= 15 is 0 Å². The second kappa shape index (κ2) is 6.77. The van der Waals surface area contributed by atoms with Crippen LogP contribution in [0.4, 0.5) is 4.39 Å². The Bertz CT molecular complexity index is 541. The second-order valence-corrected chi connectivity index (χ2v) is 5.02. The zero-order valence-electron chi connectivity index (χ0n) is 10.7. The van der Waals surface area contributed by atoms with Crippen LogP contribution in [0, 0.1) is 5.82 Å². The van der Waals surface area contributed by atoms with Crippen LogP contribution in [0.5, 0.6) is 0 Å². The molecule has 0 atom stereocenters. The summed E-state index contributed by atoms with van der Waals surface area (Å²) in [6, 6.07) is 5.00. The van der Waals surface area contributed by atoms with Crippen LogP contribution >= 0.6 is 15.9 Å². The molecule has 1 N–H and O–H groups in total. The molecule has 0 aliphatic heterocycles. The molecule has 0 aliphatic rings. The summed E-state index contributed by atoms with van der Waals surface area (Å²) in [5, 5.41) is 7.46. The third-order valence-electron chi connectivity index (χ3n) is 2.76. The Balaban J connectivity index is 2.11. The van der Waals surface area contributed by atoms with Gasteiger partial charge >= 0.3 is 0 Å². The van der Waals surface area contributed by atoms with Gasteiger partial charge in [0.25, 0.3) is 0 Å². The molecule has 0 amide bonds. The number of aromatic nitrogens is 3. The molecule has 0 unspecified atom stereocenters. The molecule has 0 radical (unpaired) electrons. The number of rotatable bonds is 6. The van der Waals surface area contributed by atoms with Crippen LogP contribution in [0.3, 0.4) is 0 Å². The van der Waals surface area contributed by atoms with E-state index in [0.717, 1.165) is 24.4 Å². The number of hydrogen-bond donors (Lipinski definition) is 1. The van der Waals surface area contributed by atoms with Crippen molar-refractivity contribution in [2.24, 2.45) is 0 Å². The lowest BCUT2D eigenvalue weighted by Crippen LogP contribution is -2.18. The van der Waals surface area contributed by atoms with Crippen LogP contribution in [-0.4, -0.2) is 21.3 Å². The van der Waals surface area contributed by atoms with Crippen molar-refractivity contribution in [1.82, 2.24) is 20.1 Å². The highest BCUT2D eigenvalue weighted by Crippen LogP contribution is 2.21. The van der Waals surface area contributed by atoms with Gasteiger partial charge in [-0.3, -0.25) is 0 Å². The lowest BCUT2D eigenvalue weighted by molar-refractivity contribution is 0.575. The molecule has 2 rings (SSSR count). The molecule has 0 saturated carbocycles. The van der Waals surface area contributed by atoms with E-state index in [1.54, 1.807) is 10.7 Å². The molecule has 0 aliphatic carbocycles. The van der Waals surface area contributed by atoms with E-state index in [2.05, 4.69) is 38.3 Å². The van der Waals surface area contributed by atoms with E-state index in [-0.39, 0.29) is 5.82 Å². The maximum Gasteiger partial charge on any atom is 0.141 e. The summed E-state index contributed by atoms with van der Waals surface area (Å²) >= 11 is 3.26. The molecule has 0 spiro atoms. The number of hydrogen-bond acceptors (Lipinski definition) is 3. The Morgan fingerprint density at radius 2 is 2.26 bits per heavy atom. The summed E-state index contributed by atoms with van der Waals surface area (Å²) < 4.78 is 15.7. The molecule has 2 aromatic rings. The molecule has 1 aromatic heterocycles. The van der Waals surface area contributed by atoms with Crippen molar-refractivity contribution in [2.75, 3.05) is 6.54 Å². The van der Waals surface area contributed by atoms with Crippen molar-refractivity contribution in [3.05, 3.63) is 46.2 Å². The molecule has 0 fully saturated rings. The Labute approximate surface area is 120 Å². The Hall–Kier alpha value is -1.27. The molecule has 19 heavy (non-hydrogen) atoms. The molecule has 0 saturated heterocycles. The minimum atomic E-state index is -0.261. The fourth-order valence-electron chi connectivity index (χ4n) is 1.77. The van der Waals surface area contributed by atoms with Gasteiger partial charge in [-0.05, 0) is 40.5 Å². The van der Waals surface area contributed by atoms with Crippen molar-refractivity contribution in [3.8, 4) is 0 Å². The van der Waals surface area contributed by atoms with Crippen molar-refractivity contribution in [1.29, 1.82) is 0 Å². The summed E-state index contributed by atoms with van der Waals surface area (Å²) in [5.74, 6) is 0.591. The monoisotopic (exact) mass is 326 g/mol. The number of halogens is 2. The predicted octanol–water partition coefficient (Wildman–Crippen LogP) is 2.73. The van der Waals surface area contributed by atoms with Gasteiger partial charge in [0.15, 0.2) is 0 Å². The highest BCUT2D eigenvalue weighted by Gasteiger charge is 2.09. The minimum Gasteiger partial charge on any atom is -0.310 e. The predicted molar refractivity (Wildman–Crippen MR) is 75.2 cm³/mol. The summed E-state index contributed by atoms with van der Waals surface area (Å²) in [6.07, 6.45) is 2.60. The molecule has 4 nitrogen and oxygen atoms in total. The third-order valence-corrected chi connectivity index (χ3v) is 3.65. The maximum absolute atomic E-state index is 13.5. The van der Waals surface area contributed by atoms with Crippen LogP contribution < -0.4 is 5.32 Å². The summed E-state index contributed by atoms with van der Waals surface area (Å²) in [5.41, 5.74) is 0.849. The molecule has 6 heteroatoms. The average molecular weight is 327 g/mol. The standard InChI is InChI=1S/C13H16BrFN4/c1-2-6-16-7-12-17-9-18-19(12)8-10-4-3-5-11(15)13(10)14/h3-5,9,16H,2,6-8H2,1H3. The fraction of sp³-hybridized carbons (Fsp3) is 0.385. The molecule has 1 heterocycles. The molecular formula is C13H16BrFN4. The first-order valence-electron chi connectivity index (χ1n) is 6.22. The van der Waals surface area contributed by atoms with E-state index in [9.17, 15) is 4.39 Å². The van der Waals surface area contributed by atoms with Crippen molar-refractivity contribution in [2.45, 2.75) is 26.4 Å². The third kappa shape index (κ3) is 3.61. The largest absolute Gasteiger partial charge is 0.310 e. The van der Waals surface area contributed by atoms with Gasteiger partial charge in [0.05, 0.1) is 17.6 Å². The first-order valence-corrected chi connectivity index (χ1v) is 7.02. The van der Waals surface area contributed by atoms with E-state index in [4.69, 9.17) is 0 Å². The van der Waals surface area contributed by atoms with Crippen LogP contribution in [0.15, 0.2) is 29.0 Å². The van der Waals surface area contributed by atoms with Crippen LogP contribution in [0.1, 0.15) is 24.7 Å². The van der Waals surface area contributed by atoms with E-state index in [1.807, 2.05) is 6.07 Å². The van der Waals surface area contributed by atoms with E-state index in [0.29, 0.717) is 17.6 Å². The normalized spacial score (nSPS) is 10.9.